The Balaban J connectivity index is 0.000000492. The fraction of sp³-hybridized carbons (Fsp3) is 0.222. The van der Waals surface area contributed by atoms with Gasteiger partial charge in [-0.3, -0.25) is 0 Å². The second kappa shape index (κ2) is 10.9. The SMILES string of the molecule is CC1C=CC=CC1(C)S(=O)(=O)[O-].O=S(=O)([O-])c1cccc2ccccc12.[Na+].[Na+]. The van der Waals surface area contributed by atoms with Crippen LogP contribution in [-0.2, 0) is 20.2 Å². The van der Waals surface area contributed by atoms with Crippen molar-refractivity contribution in [3.8, 4) is 0 Å². The minimum absolute atomic E-state index is 0. The van der Waals surface area contributed by atoms with Gasteiger partial charge in [-0.05, 0) is 29.7 Å². The molecule has 0 N–H and O–H groups in total. The molecule has 2 unspecified atom stereocenters. The zero-order chi connectivity index (χ0) is 19.6. The summed E-state index contributed by atoms with van der Waals surface area (Å²) in [6.45, 7) is 3.16. The molecule has 0 amide bonds. The van der Waals surface area contributed by atoms with E-state index in [0.717, 1.165) is 5.39 Å². The van der Waals surface area contributed by atoms with Gasteiger partial charge in [0, 0.05) is 0 Å². The third-order valence-electron chi connectivity index (χ3n) is 4.40. The van der Waals surface area contributed by atoms with Crippen LogP contribution in [-0.4, -0.2) is 30.7 Å². The van der Waals surface area contributed by atoms with Crippen LogP contribution < -0.4 is 59.1 Å². The molecule has 0 fully saturated rings. The first-order valence-corrected chi connectivity index (χ1v) is 10.5. The number of benzene rings is 2. The van der Waals surface area contributed by atoms with Crippen LogP contribution in [0.5, 0.6) is 0 Å². The fourth-order valence-electron chi connectivity index (χ4n) is 2.54. The van der Waals surface area contributed by atoms with Crippen LogP contribution in [0.15, 0.2) is 71.7 Å². The largest absolute Gasteiger partial charge is 1.00 e. The maximum Gasteiger partial charge on any atom is 1.00 e. The Hall–Kier alpha value is 0.000000000000000444. The quantitative estimate of drug-likeness (QED) is 0.359. The molecule has 0 saturated carbocycles. The molecule has 6 nitrogen and oxygen atoms in total. The van der Waals surface area contributed by atoms with Gasteiger partial charge in [0.1, 0.15) is 20.2 Å². The monoisotopic (exact) mass is 440 g/mol. The fourth-order valence-corrected chi connectivity index (χ4v) is 4.02. The molecule has 3 rings (SSSR count). The van der Waals surface area contributed by atoms with Crippen LogP contribution in [0.3, 0.4) is 0 Å². The van der Waals surface area contributed by atoms with Crippen LogP contribution in [0.1, 0.15) is 13.8 Å². The zero-order valence-electron chi connectivity index (χ0n) is 16.2. The van der Waals surface area contributed by atoms with E-state index in [-0.39, 0.29) is 69.9 Å². The van der Waals surface area contributed by atoms with Crippen LogP contribution in [0.4, 0.5) is 0 Å². The standard InChI is InChI=1S/C10H8O3S.C8H12O3S.2Na/c11-14(12,13)10-7-3-5-8-4-1-2-6-9(8)10;1-7-5-3-4-6-8(7,2)12(9,10)11;;/h1-7H,(H,11,12,13);3-7H,1-2H3,(H,9,10,11);;/q;;2*+1/p-2. The Kier molecular flexibility index (Phi) is 10.9. The Morgan fingerprint density at radius 1 is 0.893 bits per heavy atom. The van der Waals surface area contributed by atoms with Gasteiger partial charge in [-0.25, -0.2) is 16.8 Å². The van der Waals surface area contributed by atoms with E-state index in [1.165, 1.54) is 19.1 Å². The van der Waals surface area contributed by atoms with E-state index in [9.17, 15) is 25.9 Å². The molecule has 0 spiro atoms. The summed E-state index contributed by atoms with van der Waals surface area (Å²) in [5, 5.41) is 1.23. The Bertz CT molecular complexity index is 1070. The first-order chi connectivity index (χ1) is 12.0. The predicted octanol–water partition coefficient (Wildman–Crippen LogP) is -3.20. The average Bonchev–Trinajstić information content (AvgIpc) is 2.56. The van der Waals surface area contributed by atoms with E-state index >= 15 is 0 Å². The summed E-state index contributed by atoms with van der Waals surface area (Å²) >= 11 is 0. The Labute approximate surface area is 210 Å². The summed E-state index contributed by atoms with van der Waals surface area (Å²) in [7, 11) is -8.64. The summed E-state index contributed by atoms with van der Waals surface area (Å²) in [5.41, 5.74) is 0. The molecule has 2 atom stereocenters. The van der Waals surface area contributed by atoms with E-state index in [4.69, 9.17) is 0 Å². The maximum absolute atomic E-state index is 10.9. The molecule has 0 heterocycles. The normalized spacial score (nSPS) is 21.1. The molecule has 1 aliphatic carbocycles. The molecule has 2 aromatic rings. The molecular weight excluding hydrogens is 422 g/mol. The first kappa shape index (κ1) is 28.0. The summed E-state index contributed by atoms with van der Waals surface area (Å²) in [6.07, 6.45) is 6.50. The van der Waals surface area contributed by atoms with Crippen molar-refractivity contribution in [2.24, 2.45) is 5.92 Å². The second-order valence-corrected chi connectivity index (χ2v) is 9.24. The molecule has 10 heteroatoms. The summed E-state index contributed by atoms with van der Waals surface area (Å²) in [4.78, 5) is -0.157. The van der Waals surface area contributed by atoms with Crippen LogP contribution in [0.2, 0.25) is 0 Å². The van der Waals surface area contributed by atoms with E-state index in [1.54, 1.807) is 61.5 Å². The average molecular weight is 440 g/mol. The van der Waals surface area contributed by atoms with Crippen molar-refractivity contribution in [1.82, 2.24) is 0 Å². The molecule has 0 saturated heterocycles. The molecule has 0 aromatic heterocycles. The number of hydrogen-bond acceptors (Lipinski definition) is 6. The predicted molar refractivity (Wildman–Crippen MR) is 97.5 cm³/mol. The van der Waals surface area contributed by atoms with Gasteiger partial charge in [-0.15, -0.1) is 0 Å². The summed E-state index contributed by atoms with van der Waals surface area (Å²) < 4.78 is 64.0. The van der Waals surface area contributed by atoms with Gasteiger partial charge < -0.3 is 9.11 Å². The Morgan fingerprint density at radius 2 is 1.46 bits per heavy atom. The topological polar surface area (TPSA) is 114 Å². The van der Waals surface area contributed by atoms with Gasteiger partial charge >= 0.3 is 59.1 Å². The number of allylic oxidation sites excluding steroid dienone is 3. The van der Waals surface area contributed by atoms with Crippen LogP contribution in [0.25, 0.3) is 10.8 Å². The maximum atomic E-state index is 10.9. The number of rotatable bonds is 2. The number of hydrogen-bond donors (Lipinski definition) is 0. The van der Waals surface area contributed by atoms with Crippen LogP contribution in [0, 0.1) is 5.92 Å². The van der Waals surface area contributed by atoms with Crippen molar-refractivity contribution in [3.05, 3.63) is 66.8 Å². The van der Waals surface area contributed by atoms with Gasteiger partial charge in [-0.1, -0.05) is 67.6 Å². The van der Waals surface area contributed by atoms with E-state index in [2.05, 4.69) is 0 Å². The van der Waals surface area contributed by atoms with Gasteiger partial charge in [0.25, 0.3) is 0 Å². The van der Waals surface area contributed by atoms with Gasteiger partial charge in [0.2, 0.25) is 0 Å². The zero-order valence-corrected chi connectivity index (χ0v) is 21.8. The molecular formula is C18H18Na2O6S2. The van der Waals surface area contributed by atoms with Crippen molar-refractivity contribution in [2.45, 2.75) is 23.5 Å². The molecule has 140 valence electrons. The van der Waals surface area contributed by atoms with Gasteiger partial charge in [0.05, 0.1) is 9.64 Å². The van der Waals surface area contributed by atoms with Crippen molar-refractivity contribution in [1.29, 1.82) is 0 Å². The molecule has 0 bridgehead atoms. The third-order valence-corrected chi connectivity index (χ3v) is 6.88. The second-order valence-electron chi connectivity index (χ2n) is 6.10. The minimum atomic E-state index is -4.38. The molecule has 2 aromatic carbocycles. The Morgan fingerprint density at radius 3 is 1.96 bits per heavy atom. The molecule has 1 aliphatic rings. The minimum Gasteiger partial charge on any atom is -0.747 e. The van der Waals surface area contributed by atoms with Gasteiger partial charge in [-0.2, -0.15) is 0 Å². The van der Waals surface area contributed by atoms with Crippen LogP contribution >= 0.6 is 0 Å². The van der Waals surface area contributed by atoms with E-state index in [1.807, 2.05) is 0 Å². The summed E-state index contributed by atoms with van der Waals surface area (Å²) in [5.74, 6) is -0.259. The molecule has 0 radical (unpaired) electrons. The smallest absolute Gasteiger partial charge is 0.747 e. The molecule has 0 aliphatic heterocycles. The first-order valence-electron chi connectivity index (χ1n) is 7.72. The van der Waals surface area contributed by atoms with Crippen molar-refractivity contribution < 1.29 is 85.1 Å². The van der Waals surface area contributed by atoms with Crippen molar-refractivity contribution in [3.63, 3.8) is 0 Å². The van der Waals surface area contributed by atoms with Crippen molar-refractivity contribution >= 4 is 31.0 Å². The third kappa shape index (κ3) is 6.50. The molecule has 28 heavy (non-hydrogen) atoms. The van der Waals surface area contributed by atoms with Gasteiger partial charge in [0.15, 0.2) is 0 Å². The van der Waals surface area contributed by atoms with E-state index < -0.39 is 25.0 Å². The van der Waals surface area contributed by atoms with Crippen molar-refractivity contribution in [2.75, 3.05) is 0 Å². The number of fused-ring (bicyclic) bond motifs is 1. The summed E-state index contributed by atoms with van der Waals surface area (Å²) in [6, 6.07) is 11.5. The van der Waals surface area contributed by atoms with E-state index in [0.29, 0.717) is 5.39 Å².